The van der Waals surface area contributed by atoms with Crippen molar-refractivity contribution in [2.75, 3.05) is 12.4 Å². The highest BCUT2D eigenvalue weighted by Gasteiger charge is 2.31. The summed E-state index contributed by atoms with van der Waals surface area (Å²) in [7, 11) is -1.30. The third-order valence-corrected chi connectivity index (χ3v) is 6.07. The molecule has 0 N–H and O–H groups in total. The summed E-state index contributed by atoms with van der Waals surface area (Å²) in [5.74, 6) is 5.11. The monoisotopic (exact) mass is 332 g/mol. The van der Waals surface area contributed by atoms with Crippen LogP contribution in [-0.2, 0) is 4.74 Å². The predicted molar refractivity (Wildman–Crippen MR) is 101 cm³/mol. The summed E-state index contributed by atoms with van der Waals surface area (Å²) in [6.45, 7) is 14.6. The van der Waals surface area contributed by atoms with Gasteiger partial charge in [-0.2, -0.15) is 0 Å². The van der Waals surface area contributed by atoms with E-state index in [9.17, 15) is 0 Å². The third-order valence-electron chi connectivity index (χ3n) is 3.89. The zero-order valence-electron chi connectivity index (χ0n) is 14.7. The molecule has 1 aromatic rings. The van der Waals surface area contributed by atoms with Gasteiger partial charge < -0.3 is 4.74 Å². The van der Waals surface area contributed by atoms with E-state index in [1.165, 1.54) is 11.3 Å². The summed E-state index contributed by atoms with van der Waals surface area (Å²) in [5.41, 5.74) is 6.29. The maximum Gasteiger partial charge on any atom is 0.129 e. The Balaban J connectivity index is 1.99. The van der Waals surface area contributed by atoms with Gasteiger partial charge in [0.25, 0.3) is 0 Å². The fourth-order valence-corrected chi connectivity index (χ4v) is 4.23. The lowest BCUT2D eigenvalue weighted by atomic mass is 9.82. The van der Waals surface area contributed by atoms with Crippen molar-refractivity contribution >= 4 is 19.8 Å². The van der Waals surface area contributed by atoms with Crippen LogP contribution in [0.5, 0.6) is 0 Å². The molecule has 1 aliphatic rings. The van der Waals surface area contributed by atoms with E-state index in [1.807, 2.05) is 11.8 Å². The first-order chi connectivity index (χ1) is 10.1. The fourth-order valence-electron chi connectivity index (χ4n) is 2.18. The minimum Gasteiger partial charge on any atom is -0.362 e. The van der Waals surface area contributed by atoms with E-state index >= 15 is 0 Å². The second-order valence-electron chi connectivity index (χ2n) is 8.18. The molecule has 3 heteroatoms. The number of hydrogen-bond acceptors (Lipinski definition) is 2. The standard InChI is InChI=1S/C19H28OSSi/c1-19(2,3)17-13-20-18(21-14-17)16-9-7-15(8-10-16)11-12-22(4,5)6/h7-10,17-18H,13-14H2,1-6H3/t17-,18-/m0/s1. The van der Waals surface area contributed by atoms with Crippen LogP contribution in [0, 0.1) is 22.8 Å². The molecule has 2 rings (SSSR count). The Morgan fingerprint density at radius 2 is 1.77 bits per heavy atom. The Morgan fingerprint density at radius 1 is 1.14 bits per heavy atom. The van der Waals surface area contributed by atoms with Crippen molar-refractivity contribution in [2.24, 2.45) is 11.3 Å². The molecule has 1 fully saturated rings. The molecule has 0 amide bonds. The molecule has 0 aliphatic carbocycles. The Morgan fingerprint density at radius 3 is 2.23 bits per heavy atom. The molecule has 1 heterocycles. The van der Waals surface area contributed by atoms with Crippen LogP contribution in [0.4, 0.5) is 0 Å². The Hall–Kier alpha value is -0.693. The maximum atomic E-state index is 6.09. The lowest BCUT2D eigenvalue weighted by molar-refractivity contribution is 0.0396. The van der Waals surface area contributed by atoms with Crippen molar-refractivity contribution in [2.45, 2.75) is 45.8 Å². The Labute approximate surface area is 141 Å². The molecule has 0 radical (unpaired) electrons. The van der Waals surface area contributed by atoms with Crippen LogP contribution in [0.2, 0.25) is 19.6 Å². The molecule has 1 aliphatic heterocycles. The summed E-state index contributed by atoms with van der Waals surface area (Å²) in [6, 6.07) is 8.59. The van der Waals surface area contributed by atoms with E-state index in [2.05, 4.69) is 76.1 Å². The molecule has 0 aromatic heterocycles. The van der Waals surface area contributed by atoms with Crippen molar-refractivity contribution in [3.05, 3.63) is 35.4 Å². The molecule has 1 saturated heterocycles. The molecule has 1 nitrogen and oxygen atoms in total. The minimum absolute atomic E-state index is 0.178. The molecule has 0 spiro atoms. The largest absolute Gasteiger partial charge is 0.362 e. The van der Waals surface area contributed by atoms with Gasteiger partial charge >= 0.3 is 0 Å². The second kappa shape index (κ2) is 6.82. The normalized spacial score (nSPS) is 22.8. The van der Waals surface area contributed by atoms with Crippen molar-refractivity contribution < 1.29 is 4.74 Å². The molecule has 0 unspecified atom stereocenters. The van der Waals surface area contributed by atoms with Crippen LogP contribution in [0.25, 0.3) is 0 Å². The fraction of sp³-hybridized carbons (Fsp3) is 0.579. The van der Waals surface area contributed by atoms with Crippen LogP contribution in [0.3, 0.4) is 0 Å². The quantitative estimate of drug-likeness (QED) is 0.507. The molecule has 120 valence electrons. The summed E-state index contributed by atoms with van der Waals surface area (Å²) in [6.07, 6.45) is 0. The highest BCUT2D eigenvalue weighted by atomic mass is 32.2. The highest BCUT2D eigenvalue weighted by Crippen LogP contribution is 2.41. The van der Waals surface area contributed by atoms with Gasteiger partial charge in [0, 0.05) is 11.3 Å². The average Bonchev–Trinajstić information content (AvgIpc) is 2.44. The van der Waals surface area contributed by atoms with Gasteiger partial charge in [0.05, 0.1) is 6.61 Å². The average molecular weight is 333 g/mol. The van der Waals surface area contributed by atoms with Crippen LogP contribution in [-0.4, -0.2) is 20.4 Å². The van der Waals surface area contributed by atoms with Gasteiger partial charge in [-0.1, -0.05) is 58.5 Å². The first-order valence-electron chi connectivity index (χ1n) is 8.01. The van der Waals surface area contributed by atoms with Gasteiger partial charge in [0.1, 0.15) is 13.5 Å². The number of thioether (sulfide) groups is 1. The first kappa shape index (κ1) is 17.7. The lowest BCUT2D eigenvalue weighted by Crippen LogP contribution is -2.31. The van der Waals surface area contributed by atoms with Gasteiger partial charge in [-0.05, 0) is 29.0 Å². The van der Waals surface area contributed by atoms with Crippen molar-refractivity contribution in [1.82, 2.24) is 0 Å². The Kier molecular flexibility index (Phi) is 5.48. The zero-order valence-corrected chi connectivity index (χ0v) is 16.5. The SMILES string of the molecule is CC(C)(C)[C@H]1CO[C@H](c2ccc(C#C[Si](C)(C)C)cc2)SC1. The summed E-state index contributed by atoms with van der Waals surface area (Å²) < 4.78 is 6.09. The van der Waals surface area contributed by atoms with Gasteiger partial charge in [0.2, 0.25) is 0 Å². The van der Waals surface area contributed by atoms with Crippen LogP contribution in [0.15, 0.2) is 24.3 Å². The predicted octanol–water partition coefficient (Wildman–Crippen LogP) is 5.34. The second-order valence-corrected chi connectivity index (χ2v) is 14.0. The van der Waals surface area contributed by atoms with E-state index in [1.54, 1.807) is 0 Å². The van der Waals surface area contributed by atoms with E-state index in [4.69, 9.17) is 4.74 Å². The van der Waals surface area contributed by atoms with E-state index in [0.717, 1.165) is 12.2 Å². The number of hydrogen-bond donors (Lipinski definition) is 0. The first-order valence-corrected chi connectivity index (χ1v) is 12.6. The van der Waals surface area contributed by atoms with E-state index in [0.29, 0.717) is 11.3 Å². The third kappa shape index (κ3) is 5.19. The summed E-state index contributed by atoms with van der Waals surface area (Å²) in [5, 5.41) is 0. The molecular formula is C19H28OSSi. The highest BCUT2D eigenvalue weighted by molar-refractivity contribution is 7.99. The molecule has 1 aromatic carbocycles. The number of rotatable bonds is 1. The van der Waals surface area contributed by atoms with Crippen molar-refractivity contribution in [1.29, 1.82) is 0 Å². The molecule has 22 heavy (non-hydrogen) atoms. The van der Waals surface area contributed by atoms with E-state index in [-0.39, 0.29) is 5.44 Å². The zero-order chi connectivity index (χ0) is 16.4. The summed E-state index contributed by atoms with van der Waals surface area (Å²) in [4.78, 5) is 0. The van der Waals surface area contributed by atoms with Crippen molar-refractivity contribution in [3.8, 4) is 11.5 Å². The molecule has 0 bridgehead atoms. The van der Waals surface area contributed by atoms with Crippen LogP contribution >= 0.6 is 11.8 Å². The Bertz CT molecular complexity index is 546. The maximum absolute atomic E-state index is 6.09. The smallest absolute Gasteiger partial charge is 0.129 e. The number of benzene rings is 1. The minimum atomic E-state index is -1.30. The van der Waals surface area contributed by atoms with Crippen molar-refractivity contribution in [3.63, 3.8) is 0 Å². The summed E-state index contributed by atoms with van der Waals surface area (Å²) >= 11 is 1.92. The van der Waals surface area contributed by atoms with Crippen LogP contribution < -0.4 is 0 Å². The molecular weight excluding hydrogens is 304 g/mol. The lowest BCUT2D eigenvalue weighted by Gasteiger charge is -2.36. The topological polar surface area (TPSA) is 9.23 Å². The number of ether oxygens (including phenoxy) is 1. The van der Waals surface area contributed by atoms with Gasteiger partial charge in [0.15, 0.2) is 0 Å². The van der Waals surface area contributed by atoms with Gasteiger partial charge in [-0.3, -0.25) is 0 Å². The van der Waals surface area contributed by atoms with Gasteiger partial charge in [-0.15, -0.1) is 17.3 Å². The van der Waals surface area contributed by atoms with Gasteiger partial charge in [-0.25, -0.2) is 0 Å². The molecule has 2 atom stereocenters. The van der Waals surface area contributed by atoms with Crippen LogP contribution in [0.1, 0.15) is 37.3 Å². The molecule has 0 saturated carbocycles. The van der Waals surface area contributed by atoms with E-state index < -0.39 is 8.07 Å².